The number of hydrogen-bond acceptors (Lipinski definition) is 6. The number of carbonyl (C=O) groups is 4. The van der Waals surface area contributed by atoms with E-state index in [9.17, 15) is 24.3 Å². The van der Waals surface area contributed by atoms with Crippen LogP contribution < -0.4 is 10.2 Å². The van der Waals surface area contributed by atoms with Crippen LogP contribution in [0.4, 0.5) is 10.5 Å². The van der Waals surface area contributed by atoms with Crippen LogP contribution in [-0.4, -0.2) is 36.0 Å². The van der Waals surface area contributed by atoms with Gasteiger partial charge < -0.3 is 9.84 Å². The molecule has 10 heteroatoms. The number of urea groups is 1. The van der Waals surface area contributed by atoms with Gasteiger partial charge in [0.2, 0.25) is 0 Å². The van der Waals surface area contributed by atoms with Gasteiger partial charge >= 0.3 is 12.0 Å². The zero-order chi connectivity index (χ0) is 21.3. The summed E-state index contributed by atoms with van der Waals surface area (Å²) in [7, 11) is 1.22. The highest BCUT2D eigenvalue weighted by atomic mass is 35.5. The van der Waals surface area contributed by atoms with Gasteiger partial charge in [0, 0.05) is 10.6 Å². The Kier molecular flexibility index (Phi) is 5.58. The third kappa shape index (κ3) is 3.94. The molecule has 0 unspecified atom stereocenters. The second-order valence-electron chi connectivity index (χ2n) is 5.82. The summed E-state index contributed by atoms with van der Waals surface area (Å²) in [6.45, 7) is 0. The molecule has 29 heavy (non-hydrogen) atoms. The second kappa shape index (κ2) is 7.94. The molecule has 148 valence electrons. The molecule has 0 bridgehead atoms. The van der Waals surface area contributed by atoms with E-state index in [1.54, 1.807) is 0 Å². The first kappa shape index (κ1) is 20.4. The molecule has 0 aliphatic carbocycles. The number of aromatic hydroxyl groups is 1. The molecule has 1 aliphatic heterocycles. The highest BCUT2D eigenvalue weighted by Gasteiger charge is 2.37. The number of hydrogen-bond donors (Lipinski definition) is 2. The number of nitrogens with one attached hydrogen (secondary N) is 1. The molecule has 0 atom stereocenters. The third-order valence-electron chi connectivity index (χ3n) is 4.01. The maximum atomic E-state index is 12.8. The number of methoxy groups -OCH3 is 1. The Morgan fingerprint density at radius 1 is 1.14 bits per heavy atom. The molecule has 1 fully saturated rings. The zero-order valence-corrected chi connectivity index (χ0v) is 16.2. The van der Waals surface area contributed by atoms with Gasteiger partial charge in [0.1, 0.15) is 11.3 Å². The molecule has 0 aromatic heterocycles. The van der Waals surface area contributed by atoms with E-state index in [4.69, 9.17) is 23.2 Å². The van der Waals surface area contributed by atoms with Crippen LogP contribution >= 0.6 is 23.2 Å². The van der Waals surface area contributed by atoms with E-state index >= 15 is 0 Å². The van der Waals surface area contributed by atoms with Crippen molar-refractivity contribution >= 4 is 58.8 Å². The van der Waals surface area contributed by atoms with E-state index in [0.29, 0.717) is 0 Å². The van der Waals surface area contributed by atoms with Crippen LogP contribution in [0.25, 0.3) is 6.08 Å². The number of benzene rings is 2. The van der Waals surface area contributed by atoms with E-state index in [0.717, 1.165) is 11.0 Å². The molecular weight excluding hydrogens is 423 g/mol. The lowest BCUT2D eigenvalue weighted by Crippen LogP contribution is -2.54. The Balaban J connectivity index is 2.02. The topological polar surface area (TPSA) is 113 Å². The van der Waals surface area contributed by atoms with Crippen molar-refractivity contribution in [1.82, 2.24) is 5.32 Å². The van der Waals surface area contributed by atoms with E-state index < -0.39 is 29.4 Å². The molecular formula is C19H12Cl2N2O6. The number of imide groups is 2. The van der Waals surface area contributed by atoms with Gasteiger partial charge in [-0.25, -0.2) is 14.5 Å². The maximum Gasteiger partial charge on any atom is 0.337 e. The summed E-state index contributed by atoms with van der Waals surface area (Å²) in [6, 6.07) is 7.07. The number of phenols is 1. The smallest absolute Gasteiger partial charge is 0.337 e. The fourth-order valence-corrected chi connectivity index (χ4v) is 3.12. The van der Waals surface area contributed by atoms with Crippen molar-refractivity contribution in [3.05, 3.63) is 63.1 Å². The van der Waals surface area contributed by atoms with Crippen LogP contribution in [0, 0.1) is 0 Å². The predicted octanol–water partition coefficient (Wildman–Crippen LogP) is 3.15. The summed E-state index contributed by atoms with van der Waals surface area (Å²) >= 11 is 11.8. The van der Waals surface area contributed by atoms with Crippen molar-refractivity contribution in [3.8, 4) is 5.75 Å². The van der Waals surface area contributed by atoms with E-state index in [1.165, 1.54) is 43.5 Å². The van der Waals surface area contributed by atoms with Crippen molar-refractivity contribution in [2.45, 2.75) is 0 Å². The van der Waals surface area contributed by atoms with Gasteiger partial charge in [0.25, 0.3) is 11.8 Å². The van der Waals surface area contributed by atoms with Gasteiger partial charge in [-0.05, 0) is 42.5 Å². The van der Waals surface area contributed by atoms with E-state index in [2.05, 4.69) is 4.74 Å². The van der Waals surface area contributed by atoms with Crippen LogP contribution in [0.15, 0.2) is 42.0 Å². The number of phenolic OH excluding ortho intramolecular Hbond substituents is 1. The molecule has 0 saturated carbocycles. The number of ether oxygens (including phenoxy) is 1. The zero-order valence-electron chi connectivity index (χ0n) is 14.7. The van der Waals surface area contributed by atoms with E-state index in [-0.39, 0.29) is 32.6 Å². The lowest BCUT2D eigenvalue weighted by atomic mass is 10.1. The number of halogens is 2. The highest BCUT2D eigenvalue weighted by molar-refractivity contribution is 6.40. The Morgan fingerprint density at radius 2 is 1.79 bits per heavy atom. The molecule has 2 aromatic carbocycles. The average Bonchev–Trinajstić information content (AvgIpc) is 2.68. The number of esters is 1. The molecule has 1 saturated heterocycles. The van der Waals surface area contributed by atoms with Crippen LogP contribution in [-0.2, 0) is 14.3 Å². The molecule has 4 amide bonds. The van der Waals surface area contributed by atoms with Gasteiger partial charge in [0.05, 0.1) is 23.4 Å². The maximum absolute atomic E-state index is 12.8. The average molecular weight is 435 g/mol. The summed E-state index contributed by atoms with van der Waals surface area (Å²) < 4.78 is 4.59. The number of nitrogens with zero attached hydrogens (tertiary/aromatic N) is 1. The highest BCUT2D eigenvalue weighted by Crippen LogP contribution is 2.33. The van der Waals surface area contributed by atoms with Crippen LogP contribution in [0.2, 0.25) is 10.0 Å². The first-order valence-electron chi connectivity index (χ1n) is 8.00. The monoisotopic (exact) mass is 434 g/mol. The van der Waals surface area contributed by atoms with Crippen LogP contribution in [0.3, 0.4) is 0 Å². The van der Waals surface area contributed by atoms with Crippen LogP contribution in [0.1, 0.15) is 15.9 Å². The standard InChI is InChI=1S/C19H12Cl2N2O6/c1-29-18(27)9-2-4-12(5-3-9)23-17(26)13(16(25)22-19(23)28)7-10-6-11(20)8-14(21)15(10)24/h2-8,24H,1H3,(H,22,25,28)/b13-7+. The summed E-state index contributed by atoms with van der Waals surface area (Å²) in [5, 5.41) is 12.2. The van der Waals surface area contributed by atoms with Gasteiger partial charge in [-0.1, -0.05) is 23.2 Å². The van der Waals surface area contributed by atoms with Crippen LogP contribution in [0.5, 0.6) is 5.75 Å². The molecule has 2 N–H and O–H groups in total. The SMILES string of the molecule is COC(=O)c1ccc(N2C(=O)NC(=O)/C(=C\c3cc(Cl)cc(Cl)c3O)C2=O)cc1. The van der Waals surface area contributed by atoms with Crippen molar-refractivity contribution in [1.29, 1.82) is 0 Å². The normalized spacial score (nSPS) is 15.5. The Morgan fingerprint density at radius 3 is 2.41 bits per heavy atom. The molecule has 0 radical (unpaired) electrons. The molecule has 1 aliphatic rings. The summed E-state index contributed by atoms with van der Waals surface area (Å²) in [4.78, 5) is 49.5. The predicted molar refractivity (Wildman–Crippen MR) is 105 cm³/mol. The fourth-order valence-electron chi connectivity index (χ4n) is 2.61. The minimum Gasteiger partial charge on any atom is -0.506 e. The van der Waals surface area contributed by atoms with Gasteiger partial charge in [-0.2, -0.15) is 0 Å². The van der Waals surface area contributed by atoms with Gasteiger partial charge in [0.15, 0.2) is 0 Å². The largest absolute Gasteiger partial charge is 0.506 e. The first-order valence-corrected chi connectivity index (χ1v) is 8.76. The summed E-state index contributed by atoms with van der Waals surface area (Å²) in [5.74, 6) is -2.84. The Bertz CT molecular complexity index is 1080. The lowest BCUT2D eigenvalue weighted by Gasteiger charge is -2.26. The molecule has 1 heterocycles. The molecule has 3 rings (SSSR count). The first-order chi connectivity index (χ1) is 13.7. The minimum absolute atomic E-state index is 0.0244. The quantitative estimate of drug-likeness (QED) is 0.435. The van der Waals surface area contributed by atoms with Crippen molar-refractivity contribution < 1.29 is 29.0 Å². The van der Waals surface area contributed by atoms with Crippen molar-refractivity contribution in [2.24, 2.45) is 0 Å². The van der Waals surface area contributed by atoms with Crippen molar-refractivity contribution in [2.75, 3.05) is 12.0 Å². The number of rotatable bonds is 3. The van der Waals surface area contributed by atoms with Gasteiger partial charge in [-0.15, -0.1) is 0 Å². The molecule has 2 aromatic rings. The summed E-state index contributed by atoms with van der Waals surface area (Å²) in [6.07, 6.45) is 1.08. The minimum atomic E-state index is -0.962. The summed E-state index contributed by atoms with van der Waals surface area (Å²) in [5.41, 5.74) is -0.0648. The molecule has 8 nitrogen and oxygen atoms in total. The number of amides is 4. The number of barbiturate groups is 1. The Hall–Kier alpha value is -3.36. The fraction of sp³-hybridized carbons (Fsp3) is 0.0526. The number of anilines is 1. The van der Waals surface area contributed by atoms with Crippen molar-refractivity contribution in [3.63, 3.8) is 0 Å². The lowest BCUT2D eigenvalue weighted by molar-refractivity contribution is -0.122. The van der Waals surface area contributed by atoms with E-state index in [1.807, 2.05) is 5.32 Å². The Labute approximate surface area is 174 Å². The third-order valence-corrected chi connectivity index (χ3v) is 4.51. The van der Waals surface area contributed by atoms with Gasteiger partial charge in [-0.3, -0.25) is 14.9 Å². The molecule has 0 spiro atoms. The second-order valence-corrected chi connectivity index (χ2v) is 6.67. The number of carbonyl (C=O) groups excluding carboxylic acids is 4.